The molecule has 0 spiro atoms. The Bertz CT molecular complexity index is 596. The second-order valence-corrected chi connectivity index (χ2v) is 5.83. The van der Waals surface area contributed by atoms with Gasteiger partial charge in [0.05, 0.1) is 0 Å². The van der Waals surface area contributed by atoms with Crippen molar-refractivity contribution < 1.29 is 13.6 Å². The van der Waals surface area contributed by atoms with Crippen molar-refractivity contribution >= 4 is 32.8 Å². The van der Waals surface area contributed by atoms with Crippen LogP contribution >= 0.6 is 15.9 Å². The third-order valence-corrected chi connectivity index (χ3v) is 4.06. The molecule has 0 heterocycles. The van der Waals surface area contributed by atoms with Crippen LogP contribution in [0.4, 0.5) is 0 Å². The molecule has 0 amide bonds. The summed E-state index contributed by atoms with van der Waals surface area (Å²) in [7, 11) is 0. The van der Waals surface area contributed by atoms with E-state index in [1.165, 1.54) is 0 Å². The molecule has 0 saturated heterocycles. The lowest BCUT2D eigenvalue weighted by Crippen LogP contribution is -2.17. The van der Waals surface area contributed by atoms with E-state index in [9.17, 15) is 13.6 Å². The van der Waals surface area contributed by atoms with E-state index in [-0.39, 0.29) is 0 Å². The van der Waals surface area contributed by atoms with Gasteiger partial charge in [0, 0.05) is 10.0 Å². The first-order valence-corrected chi connectivity index (χ1v) is 7.45. The summed E-state index contributed by atoms with van der Waals surface area (Å²) in [6, 6.07) is 15.1. The largest absolute Gasteiger partial charge is 0.772 e. The lowest BCUT2D eigenvalue weighted by atomic mass is 10.0. The fraction of sp³-hybridized carbons (Fsp3) is 0.0714. The average Bonchev–Trinajstić information content (AvgIpc) is 2.40. The Hall–Kier alpha value is -1.30. The van der Waals surface area contributed by atoms with E-state index < -0.39 is 22.1 Å². The Kier molecular flexibility index (Phi) is 4.63. The molecule has 19 heavy (non-hydrogen) atoms. The first-order chi connectivity index (χ1) is 9.09. The minimum absolute atomic E-state index is 0.376. The highest BCUT2D eigenvalue weighted by atomic mass is 79.9. The standard InChI is InChI=1S/C14H11BrO3S/c15-12-8-6-10(7-9-12)13(16)14(19(17)18)11-4-2-1-3-5-11/h1-9,14H,(H,17,18)/p-1. The molecular formula is C14H10BrO3S-. The third-order valence-electron chi connectivity index (χ3n) is 2.66. The maximum absolute atomic E-state index is 12.3. The van der Waals surface area contributed by atoms with Crippen LogP contribution in [0, 0.1) is 0 Å². The van der Waals surface area contributed by atoms with Crippen molar-refractivity contribution in [2.24, 2.45) is 0 Å². The summed E-state index contributed by atoms with van der Waals surface area (Å²) in [5.74, 6) is -0.424. The first-order valence-electron chi connectivity index (χ1n) is 5.52. The summed E-state index contributed by atoms with van der Waals surface area (Å²) < 4.78 is 23.5. The van der Waals surface area contributed by atoms with E-state index in [1.807, 2.05) is 0 Å². The van der Waals surface area contributed by atoms with Gasteiger partial charge in [-0.25, -0.2) is 0 Å². The Balaban J connectivity index is 2.38. The molecule has 0 aromatic heterocycles. The molecule has 0 radical (unpaired) electrons. The SMILES string of the molecule is O=C(c1ccc(Br)cc1)C(c1ccccc1)S(=O)[O-]. The van der Waals surface area contributed by atoms with Gasteiger partial charge in [-0.15, -0.1) is 0 Å². The van der Waals surface area contributed by atoms with Crippen molar-refractivity contribution in [2.45, 2.75) is 5.25 Å². The van der Waals surface area contributed by atoms with Gasteiger partial charge in [-0.05, 0) is 28.8 Å². The molecule has 0 aliphatic rings. The number of rotatable bonds is 4. The molecule has 3 nitrogen and oxygen atoms in total. The molecule has 0 saturated carbocycles. The van der Waals surface area contributed by atoms with Crippen LogP contribution in [0.5, 0.6) is 0 Å². The third kappa shape index (κ3) is 3.37. The highest BCUT2D eigenvalue weighted by molar-refractivity contribution is 9.10. The molecule has 2 rings (SSSR count). The van der Waals surface area contributed by atoms with Crippen LogP contribution in [0.25, 0.3) is 0 Å². The lowest BCUT2D eigenvalue weighted by Gasteiger charge is -2.19. The number of carbonyl (C=O) groups excluding carboxylic acids is 1. The fourth-order valence-electron chi connectivity index (χ4n) is 1.74. The molecule has 0 fully saturated rings. The normalized spacial score (nSPS) is 13.8. The topological polar surface area (TPSA) is 57.2 Å². The van der Waals surface area contributed by atoms with Crippen LogP contribution in [-0.4, -0.2) is 14.5 Å². The van der Waals surface area contributed by atoms with Gasteiger partial charge in [0.1, 0.15) is 5.25 Å². The summed E-state index contributed by atoms with van der Waals surface area (Å²) in [5, 5.41) is -1.16. The lowest BCUT2D eigenvalue weighted by molar-refractivity contribution is 0.0986. The van der Waals surface area contributed by atoms with Crippen molar-refractivity contribution in [1.82, 2.24) is 0 Å². The summed E-state index contributed by atoms with van der Waals surface area (Å²) in [6.07, 6.45) is 0. The number of benzene rings is 2. The highest BCUT2D eigenvalue weighted by Crippen LogP contribution is 2.24. The smallest absolute Gasteiger partial charge is 0.181 e. The van der Waals surface area contributed by atoms with Gasteiger partial charge in [0.15, 0.2) is 5.78 Å². The summed E-state index contributed by atoms with van der Waals surface area (Å²) in [4.78, 5) is 12.3. The number of halogens is 1. The molecule has 2 aromatic carbocycles. The van der Waals surface area contributed by atoms with Crippen molar-refractivity contribution in [2.75, 3.05) is 0 Å². The maximum Gasteiger partial charge on any atom is 0.181 e. The van der Waals surface area contributed by atoms with Gasteiger partial charge in [0.25, 0.3) is 0 Å². The molecule has 2 unspecified atom stereocenters. The molecule has 0 aliphatic heterocycles. The minimum Gasteiger partial charge on any atom is -0.772 e. The van der Waals surface area contributed by atoms with E-state index >= 15 is 0 Å². The minimum atomic E-state index is -2.50. The number of ketones is 1. The van der Waals surface area contributed by atoms with Crippen LogP contribution in [0.15, 0.2) is 59.1 Å². The van der Waals surface area contributed by atoms with Crippen molar-refractivity contribution in [3.8, 4) is 0 Å². The summed E-state index contributed by atoms with van der Waals surface area (Å²) in [5.41, 5.74) is 0.852. The average molecular weight is 338 g/mol. The zero-order valence-corrected chi connectivity index (χ0v) is 12.2. The molecule has 98 valence electrons. The van der Waals surface area contributed by atoms with E-state index in [4.69, 9.17) is 0 Å². The zero-order chi connectivity index (χ0) is 13.8. The van der Waals surface area contributed by atoms with Crippen molar-refractivity contribution in [3.63, 3.8) is 0 Å². The van der Waals surface area contributed by atoms with Gasteiger partial charge in [-0.3, -0.25) is 9.00 Å². The molecule has 2 atom stereocenters. The fourth-order valence-corrected chi connectivity index (χ4v) is 2.70. The number of carbonyl (C=O) groups is 1. The number of Topliss-reactive ketones (excluding diaryl/α,β-unsaturated/α-hetero) is 1. The zero-order valence-electron chi connectivity index (χ0n) is 9.78. The second kappa shape index (κ2) is 6.23. The van der Waals surface area contributed by atoms with Crippen LogP contribution < -0.4 is 0 Å². The predicted octanol–water partition coefficient (Wildman–Crippen LogP) is 3.25. The van der Waals surface area contributed by atoms with Gasteiger partial charge in [-0.1, -0.05) is 58.4 Å². The van der Waals surface area contributed by atoms with E-state index in [2.05, 4.69) is 15.9 Å². The Morgan fingerprint density at radius 3 is 2.16 bits per heavy atom. The number of hydrogen-bond acceptors (Lipinski definition) is 3. The second-order valence-electron chi connectivity index (χ2n) is 3.92. The first kappa shape index (κ1) is 14.1. The van der Waals surface area contributed by atoms with Crippen LogP contribution in [0.2, 0.25) is 0 Å². The Labute approximate surface area is 122 Å². The Morgan fingerprint density at radius 1 is 1.05 bits per heavy atom. The van der Waals surface area contributed by atoms with Crippen LogP contribution in [-0.2, 0) is 11.1 Å². The van der Waals surface area contributed by atoms with E-state index in [0.717, 1.165) is 4.47 Å². The van der Waals surface area contributed by atoms with Gasteiger partial charge >= 0.3 is 0 Å². The quantitative estimate of drug-likeness (QED) is 0.635. The highest BCUT2D eigenvalue weighted by Gasteiger charge is 2.22. The Morgan fingerprint density at radius 2 is 1.63 bits per heavy atom. The molecule has 0 N–H and O–H groups in total. The van der Waals surface area contributed by atoms with Crippen molar-refractivity contribution in [3.05, 3.63) is 70.2 Å². The van der Waals surface area contributed by atoms with Crippen molar-refractivity contribution in [1.29, 1.82) is 0 Å². The van der Waals surface area contributed by atoms with Gasteiger partial charge in [0.2, 0.25) is 0 Å². The molecular weight excluding hydrogens is 328 g/mol. The van der Waals surface area contributed by atoms with E-state index in [0.29, 0.717) is 11.1 Å². The summed E-state index contributed by atoms with van der Waals surface area (Å²) in [6.45, 7) is 0. The van der Waals surface area contributed by atoms with Gasteiger partial charge in [-0.2, -0.15) is 0 Å². The molecule has 0 aliphatic carbocycles. The number of hydrogen-bond donors (Lipinski definition) is 0. The monoisotopic (exact) mass is 337 g/mol. The molecule has 0 bridgehead atoms. The van der Waals surface area contributed by atoms with Gasteiger partial charge < -0.3 is 4.55 Å². The maximum atomic E-state index is 12.3. The summed E-state index contributed by atoms with van der Waals surface area (Å²) >= 11 is 0.771. The van der Waals surface area contributed by atoms with Crippen LogP contribution in [0.3, 0.4) is 0 Å². The van der Waals surface area contributed by atoms with Crippen LogP contribution in [0.1, 0.15) is 21.2 Å². The van der Waals surface area contributed by atoms with E-state index in [1.54, 1.807) is 54.6 Å². The molecule has 2 aromatic rings. The predicted molar refractivity (Wildman–Crippen MR) is 76.6 cm³/mol. The molecule has 5 heteroatoms.